The van der Waals surface area contributed by atoms with Crippen molar-refractivity contribution in [3.8, 4) is 0 Å². The van der Waals surface area contributed by atoms with Crippen LogP contribution in [0.25, 0.3) is 10.8 Å². The molecule has 20 heavy (non-hydrogen) atoms. The van der Waals surface area contributed by atoms with Crippen LogP contribution in [-0.4, -0.2) is 36.3 Å². The van der Waals surface area contributed by atoms with Crippen molar-refractivity contribution >= 4 is 22.6 Å². The van der Waals surface area contributed by atoms with Gasteiger partial charge in [0.15, 0.2) is 0 Å². The van der Waals surface area contributed by atoms with E-state index in [0.29, 0.717) is 18.7 Å². The first-order valence-corrected chi connectivity index (χ1v) is 6.79. The highest BCUT2D eigenvalue weighted by atomic mass is 16.2. The standard InChI is InChI=1S/C16H16N2O2/c19-15-11-18(10-4-9-17-15)16(20)14-8-3-6-12-5-1-2-7-13(12)14/h1-3,5-8H,4,9-11H2,(H,17,19). The van der Waals surface area contributed by atoms with E-state index in [4.69, 9.17) is 0 Å². The predicted molar refractivity (Wildman–Crippen MR) is 77.5 cm³/mol. The van der Waals surface area contributed by atoms with Crippen LogP contribution in [0.3, 0.4) is 0 Å². The third-order valence-corrected chi connectivity index (χ3v) is 3.57. The monoisotopic (exact) mass is 268 g/mol. The second kappa shape index (κ2) is 5.33. The molecule has 102 valence electrons. The Morgan fingerprint density at radius 2 is 1.90 bits per heavy atom. The van der Waals surface area contributed by atoms with Crippen LogP contribution in [-0.2, 0) is 4.79 Å². The number of hydrogen-bond donors (Lipinski definition) is 1. The second-order valence-corrected chi connectivity index (χ2v) is 4.96. The zero-order chi connectivity index (χ0) is 13.9. The van der Waals surface area contributed by atoms with Crippen molar-refractivity contribution in [2.24, 2.45) is 0 Å². The summed E-state index contributed by atoms with van der Waals surface area (Å²) in [6, 6.07) is 13.5. The minimum atomic E-state index is -0.0870. The average molecular weight is 268 g/mol. The number of nitrogens with zero attached hydrogens (tertiary/aromatic N) is 1. The van der Waals surface area contributed by atoms with Crippen LogP contribution in [0.4, 0.5) is 0 Å². The van der Waals surface area contributed by atoms with Crippen LogP contribution >= 0.6 is 0 Å². The molecule has 0 atom stereocenters. The van der Waals surface area contributed by atoms with Crippen molar-refractivity contribution in [1.29, 1.82) is 0 Å². The van der Waals surface area contributed by atoms with Crippen molar-refractivity contribution < 1.29 is 9.59 Å². The lowest BCUT2D eigenvalue weighted by atomic mass is 10.0. The molecule has 3 rings (SSSR count). The lowest BCUT2D eigenvalue weighted by Crippen LogP contribution is -2.37. The molecule has 1 aliphatic rings. The Labute approximate surface area is 117 Å². The van der Waals surface area contributed by atoms with Gasteiger partial charge in [0, 0.05) is 18.7 Å². The summed E-state index contributed by atoms with van der Waals surface area (Å²) in [7, 11) is 0. The van der Waals surface area contributed by atoms with Gasteiger partial charge in [-0.1, -0.05) is 36.4 Å². The number of benzene rings is 2. The number of carbonyl (C=O) groups is 2. The molecule has 0 bridgehead atoms. The van der Waals surface area contributed by atoms with E-state index in [9.17, 15) is 9.59 Å². The van der Waals surface area contributed by atoms with E-state index in [1.165, 1.54) is 0 Å². The Hall–Kier alpha value is -2.36. The van der Waals surface area contributed by atoms with E-state index in [0.717, 1.165) is 17.2 Å². The third kappa shape index (κ3) is 2.37. The summed E-state index contributed by atoms with van der Waals surface area (Å²) < 4.78 is 0. The van der Waals surface area contributed by atoms with Gasteiger partial charge in [0.2, 0.25) is 5.91 Å². The van der Waals surface area contributed by atoms with Crippen LogP contribution in [0.1, 0.15) is 16.8 Å². The van der Waals surface area contributed by atoms with Crippen LogP contribution in [0.2, 0.25) is 0 Å². The minimum Gasteiger partial charge on any atom is -0.354 e. The molecule has 0 unspecified atom stereocenters. The SMILES string of the molecule is O=C1CN(C(=O)c2cccc3ccccc23)CCCN1. The van der Waals surface area contributed by atoms with Gasteiger partial charge in [-0.25, -0.2) is 0 Å². The summed E-state index contributed by atoms with van der Waals surface area (Å²) in [5.41, 5.74) is 0.665. The minimum absolute atomic E-state index is 0.0705. The van der Waals surface area contributed by atoms with E-state index in [-0.39, 0.29) is 18.4 Å². The molecule has 4 heteroatoms. The molecule has 4 nitrogen and oxygen atoms in total. The molecule has 0 aliphatic carbocycles. The molecule has 2 aromatic carbocycles. The summed E-state index contributed by atoms with van der Waals surface area (Å²) in [5.74, 6) is -0.157. The van der Waals surface area contributed by atoms with Crippen LogP contribution < -0.4 is 5.32 Å². The summed E-state index contributed by atoms with van der Waals surface area (Å²) >= 11 is 0. The van der Waals surface area contributed by atoms with Gasteiger partial charge in [-0.3, -0.25) is 9.59 Å². The molecule has 1 N–H and O–H groups in total. The van der Waals surface area contributed by atoms with Gasteiger partial charge < -0.3 is 10.2 Å². The Bertz CT molecular complexity index is 661. The number of nitrogens with one attached hydrogen (secondary N) is 1. The molecule has 0 saturated carbocycles. The molecule has 0 radical (unpaired) electrons. The van der Waals surface area contributed by atoms with Gasteiger partial charge in [-0.15, -0.1) is 0 Å². The van der Waals surface area contributed by atoms with Gasteiger partial charge >= 0.3 is 0 Å². The zero-order valence-electron chi connectivity index (χ0n) is 11.1. The molecule has 0 spiro atoms. The fraction of sp³-hybridized carbons (Fsp3) is 0.250. The van der Waals surface area contributed by atoms with Gasteiger partial charge in [0.05, 0.1) is 6.54 Å². The molecule has 2 amide bonds. The predicted octanol–water partition coefficient (Wildman–Crippen LogP) is 1.80. The van der Waals surface area contributed by atoms with Crippen LogP contribution in [0, 0.1) is 0 Å². The first-order chi connectivity index (χ1) is 9.75. The Balaban J connectivity index is 1.97. The summed E-state index contributed by atoms with van der Waals surface area (Å²) in [6.07, 6.45) is 0.794. The van der Waals surface area contributed by atoms with Gasteiger partial charge in [-0.2, -0.15) is 0 Å². The second-order valence-electron chi connectivity index (χ2n) is 4.96. The number of rotatable bonds is 1. The van der Waals surface area contributed by atoms with Gasteiger partial charge in [0.25, 0.3) is 5.91 Å². The molecule has 1 saturated heterocycles. The van der Waals surface area contributed by atoms with Crippen LogP contribution in [0.15, 0.2) is 42.5 Å². The van der Waals surface area contributed by atoms with E-state index < -0.39 is 0 Å². The first kappa shape index (κ1) is 12.7. The molecule has 1 fully saturated rings. The lowest BCUT2D eigenvalue weighted by molar-refractivity contribution is -0.121. The molecule has 1 heterocycles. The highest BCUT2D eigenvalue weighted by Gasteiger charge is 2.22. The Morgan fingerprint density at radius 1 is 1.10 bits per heavy atom. The Morgan fingerprint density at radius 3 is 2.80 bits per heavy atom. The molecule has 0 aromatic heterocycles. The van der Waals surface area contributed by atoms with Crippen molar-refractivity contribution in [1.82, 2.24) is 10.2 Å². The van der Waals surface area contributed by atoms with Gasteiger partial charge in [-0.05, 0) is 23.3 Å². The smallest absolute Gasteiger partial charge is 0.254 e. The van der Waals surface area contributed by atoms with Gasteiger partial charge in [0.1, 0.15) is 0 Å². The quantitative estimate of drug-likeness (QED) is 0.857. The molecule has 1 aliphatic heterocycles. The molecule has 2 aromatic rings. The van der Waals surface area contributed by atoms with E-state index >= 15 is 0 Å². The number of carbonyl (C=O) groups excluding carboxylic acids is 2. The van der Waals surface area contributed by atoms with Crippen molar-refractivity contribution in [2.45, 2.75) is 6.42 Å². The highest BCUT2D eigenvalue weighted by molar-refractivity contribution is 6.07. The zero-order valence-corrected chi connectivity index (χ0v) is 11.1. The van der Waals surface area contributed by atoms with E-state index in [1.807, 2.05) is 42.5 Å². The maximum Gasteiger partial charge on any atom is 0.254 e. The van der Waals surface area contributed by atoms with Crippen molar-refractivity contribution in [3.63, 3.8) is 0 Å². The first-order valence-electron chi connectivity index (χ1n) is 6.79. The maximum absolute atomic E-state index is 12.7. The summed E-state index contributed by atoms with van der Waals surface area (Å²) in [5, 5.41) is 4.76. The van der Waals surface area contributed by atoms with Crippen molar-refractivity contribution in [3.05, 3.63) is 48.0 Å². The largest absolute Gasteiger partial charge is 0.354 e. The third-order valence-electron chi connectivity index (χ3n) is 3.57. The molecular formula is C16H16N2O2. The highest BCUT2D eigenvalue weighted by Crippen LogP contribution is 2.20. The maximum atomic E-state index is 12.7. The van der Waals surface area contributed by atoms with Crippen molar-refractivity contribution in [2.75, 3.05) is 19.6 Å². The number of fused-ring (bicyclic) bond motifs is 1. The van der Waals surface area contributed by atoms with E-state index in [2.05, 4.69) is 5.32 Å². The fourth-order valence-electron chi connectivity index (χ4n) is 2.56. The van der Waals surface area contributed by atoms with E-state index in [1.54, 1.807) is 4.90 Å². The number of hydrogen-bond acceptors (Lipinski definition) is 2. The average Bonchev–Trinajstić information content (AvgIpc) is 2.70. The lowest BCUT2D eigenvalue weighted by Gasteiger charge is -2.20. The summed E-state index contributed by atoms with van der Waals surface area (Å²) in [6.45, 7) is 1.39. The fourth-order valence-corrected chi connectivity index (χ4v) is 2.56. The topological polar surface area (TPSA) is 49.4 Å². The summed E-state index contributed by atoms with van der Waals surface area (Å²) in [4.78, 5) is 25.9. The normalized spacial score (nSPS) is 15.8. The Kier molecular flexibility index (Phi) is 3.37. The van der Waals surface area contributed by atoms with Crippen LogP contribution in [0.5, 0.6) is 0 Å². The number of amides is 2. The molecular weight excluding hydrogens is 252 g/mol.